The molecule has 0 aromatic carbocycles. The first-order valence-electron chi connectivity index (χ1n) is 2.75. The number of amides is 1. The van der Waals surface area contributed by atoms with Gasteiger partial charge >= 0.3 is 0 Å². The maximum atomic E-state index is 10.5. The SMILES string of the molecule is CC(C)(N)NC(=O)CN. The highest BCUT2D eigenvalue weighted by molar-refractivity contribution is 5.78. The third-order valence-corrected chi connectivity index (χ3v) is 0.647. The van der Waals surface area contributed by atoms with Crippen LogP contribution in [0.25, 0.3) is 0 Å². The number of nitrogens with one attached hydrogen (secondary N) is 1. The summed E-state index contributed by atoms with van der Waals surface area (Å²) >= 11 is 0. The number of carbonyl (C=O) groups excluding carboxylic acids is 1. The van der Waals surface area contributed by atoms with Crippen LogP contribution in [0.5, 0.6) is 0 Å². The third-order valence-electron chi connectivity index (χ3n) is 0.647. The van der Waals surface area contributed by atoms with E-state index in [0.29, 0.717) is 0 Å². The molecule has 0 saturated heterocycles. The predicted octanol–water partition coefficient (Wildman–Crippen LogP) is -1.24. The lowest BCUT2D eigenvalue weighted by Crippen LogP contribution is -2.52. The normalized spacial score (nSPS) is 11.1. The van der Waals surface area contributed by atoms with Crippen molar-refractivity contribution in [1.82, 2.24) is 5.32 Å². The second kappa shape index (κ2) is 2.80. The van der Waals surface area contributed by atoms with Gasteiger partial charge in [0.05, 0.1) is 12.2 Å². The van der Waals surface area contributed by atoms with Crippen LogP contribution in [0, 0.1) is 0 Å². The summed E-state index contributed by atoms with van der Waals surface area (Å²) in [4.78, 5) is 10.5. The summed E-state index contributed by atoms with van der Waals surface area (Å²) in [6, 6.07) is 0. The lowest BCUT2D eigenvalue weighted by atomic mass is 10.2. The van der Waals surface area contributed by atoms with Crippen LogP contribution in [0.2, 0.25) is 0 Å². The molecule has 0 aliphatic carbocycles. The molecule has 4 nitrogen and oxygen atoms in total. The van der Waals surface area contributed by atoms with Gasteiger partial charge in [0.25, 0.3) is 0 Å². The van der Waals surface area contributed by atoms with Crippen LogP contribution in [-0.2, 0) is 4.79 Å². The number of hydrogen-bond donors (Lipinski definition) is 3. The third kappa shape index (κ3) is 5.26. The molecule has 0 spiro atoms. The maximum absolute atomic E-state index is 10.5. The Bertz CT molecular complexity index is 105. The Hall–Kier alpha value is -0.610. The van der Waals surface area contributed by atoms with E-state index in [9.17, 15) is 4.79 Å². The largest absolute Gasteiger partial charge is 0.338 e. The van der Waals surface area contributed by atoms with Crippen LogP contribution in [-0.4, -0.2) is 18.1 Å². The molecule has 9 heavy (non-hydrogen) atoms. The molecule has 0 heterocycles. The molecule has 4 heteroatoms. The highest BCUT2D eigenvalue weighted by Gasteiger charge is 2.11. The lowest BCUT2D eigenvalue weighted by Gasteiger charge is -2.19. The van der Waals surface area contributed by atoms with Gasteiger partial charge in [-0.3, -0.25) is 4.79 Å². The Morgan fingerprint density at radius 1 is 1.67 bits per heavy atom. The van der Waals surface area contributed by atoms with E-state index in [1.807, 2.05) is 0 Å². The smallest absolute Gasteiger partial charge is 0.235 e. The van der Waals surface area contributed by atoms with Crippen LogP contribution >= 0.6 is 0 Å². The molecule has 0 fully saturated rings. The topological polar surface area (TPSA) is 81.1 Å². The number of nitrogens with two attached hydrogens (primary N) is 2. The second-order valence-electron chi connectivity index (χ2n) is 2.47. The minimum atomic E-state index is -0.656. The van der Waals surface area contributed by atoms with Crippen LogP contribution in [0.4, 0.5) is 0 Å². The number of hydrogen-bond acceptors (Lipinski definition) is 3. The van der Waals surface area contributed by atoms with E-state index in [2.05, 4.69) is 5.32 Å². The fourth-order valence-corrected chi connectivity index (χ4v) is 0.410. The van der Waals surface area contributed by atoms with Crippen molar-refractivity contribution in [3.05, 3.63) is 0 Å². The predicted molar refractivity (Wildman–Crippen MR) is 35.5 cm³/mol. The van der Waals surface area contributed by atoms with Crippen molar-refractivity contribution in [2.45, 2.75) is 19.5 Å². The van der Waals surface area contributed by atoms with E-state index in [4.69, 9.17) is 11.5 Å². The van der Waals surface area contributed by atoms with Crippen molar-refractivity contribution in [3.63, 3.8) is 0 Å². The average Bonchev–Trinajstić information content (AvgIpc) is 1.62. The standard InChI is InChI=1S/C5H13N3O/c1-5(2,7)8-4(9)3-6/h3,6-7H2,1-2H3,(H,8,9). The van der Waals surface area contributed by atoms with Crippen LogP contribution in [0.3, 0.4) is 0 Å². The van der Waals surface area contributed by atoms with Gasteiger partial charge in [0.15, 0.2) is 0 Å². The van der Waals surface area contributed by atoms with Crippen molar-refractivity contribution >= 4 is 5.91 Å². The first-order valence-corrected chi connectivity index (χ1v) is 2.75. The van der Waals surface area contributed by atoms with Gasteiger partial charge in [0.1, 0.15) is 0 Å². The van der Waals surface area contributed by atoms with Crippen molar-refractivity contribution < 1.29 is 4.79 Å². The van der Waals surface area contributed by atoms with Crippen molar-refractivity contribution in [2.75, 3.05) is 6.54 Å². The van der Waals surface area contributed by atoms with Gasteiger partial charge in [-0.2, -0.15) is 0 Å². The molecule has 0 unspecified atom stereocenters. The minimum Gasteiger partial charge on any atom is -0.338 e. The lowest BCUT2D eigenvalue weighted by molar-refractivity contribution is -0.121. The molecule has 0 aliphatic heterocycles. The van der Waals surface area contributed by atoms with Gasteiger partial charge in [-0.15, -0.1) is 0 Å². The summed E-state index contributed by atoms with van der Waals surface area (Å²) in [6.45, 7) is 3.38. The molecule has 1 amide bonds. The number of carbonyl (C=O) groups is 1. The summed E-state index contributed by atoms with van der Waals surface area (Å²) in [5, 5.41) is 2.48. The van der Waals surface area contributed by atoms with E-state index < -0.39 is 5.66 Å². The molecule has 0 rings (SSSR count). The van der Waals surface area contributed by atoms with Gasteiger partial charge in [-0.25, -0.2) is 0 Å². The van der Waals surface area contributed by atoms with E-state index in [1.54, 1.807) is 13.8 Å². The maximum Gasteiger partial charge on any atom is 0.235 e. The molecule has 5 N–H and O–H groups in total. The minimum absolute atomic E-state index is 0.0133. The molecular formula is C5H13N3O. The van der Waals surface area contributed by atoms with E-state index >= 15 is 0 Å². The van der Waals surface area contributed by atoms with Crippen LogP contribution in [0.15, 0.2) is 0 Å². The quantitative estimate of drug-likeness (QED) is 0.410. The molecule has 54 valence electrons. The molecule has 0 aromatic heterocycles. The average molecular weight is 131 g/mol. The molecule has 0 radical (unpaired) electrons. The van der Waals surface area contributed by atoms with Crippen LogP contribution in [0.1, 0.15) is 13.8 Å². The molecule has 0 aromatic rings. The second-order valence-corrected chi connectivity index (χ2v) is 2.47. The number of rotatable bonds is 2. The molecule has 0 saturated carbocycles. The fraction of sp³-hybridized carbons (Fsp3) is 0.800. The molecule has 0 bridgehead atoms. The Labute approximate surface area is 54.6 Å². The Kier molecular flexibility index (Phi) is 2.61. The Morgan fingerprint density at radius 3 is 2.22 bits per heavy atom. The highest BCUT2D eigenvalue weighted by Crippen LogP contribution is 1.86. The molecular weight excluding hydrogens is 118 g/mol. The Balaban J connectivity index is 3.60. The molecule has 0 atom stereocenters. The molecule has 0 aliphatic rings. The van der Waals surface area contributed by atoms with E-state index in [0.717, 1.165) is 0 Å². The monoisotopic (exact) mass is 131 g/mol. The summed E-state index contributed by atoms with van der Waals surface area (Å²) in [5.74, 6) is -0.234. The van der Waals surface area contributed by atoms with Gasteiger partial charge in [-0.1, -0.05) is 0 Å². The summed E-state index contributed by atoms with van der Waals surface area (Å²) in [7, 11) is 0. The van der Waals surface area contributed by atoms with Crippen molar-refractivity contribution in [1.29, 1.82) is 0 Å². The van der Waals surface area contributed by atoms with E-state index in [-0.39, 0.29) is 12.5 Å². The van der Waals surface area contributed by atoms with Gasteiger partial charge < -0.3 is 16.8 Å². The summed E-state index contributed by atoms with van der Waals surface area (Å²) in [5.41, 5.74) is 9.78. The van der Waals surface area contributed by atoms with E-state index in [1.165, 1.54) is 0 Å². The van der Waals surface area contributed by atoms with Gasteiger partial charge in [0, 0.05) is 0 Å². The first-order chi connectivity index (χ1) is 3.95. The fourth-order valence-electron chi connectivity index (χ4n) is 0.410. The van der Waals surface area contributed by atoms with Crippen molar-refractivity contribution in [2.24, 2.45) is 11.5 Å². The summed E-state index contributed by atoms with van der Waals surface area (Å²) < 4.78 is 0. The van der Waals surface area contributed by atoms with Gasteiger partial charge in [0.2, 0.25) is 5.91 Å². The Morgan fingerprint density at radius 2 is 2.11 bits per heavy atom. The van der Waals surface area contributed by atoms with Gasteiger partial charge in [-0.05, 0) is 13.8 Å². The zero-order valence-corrected chi connectivity index (χ0v) is 5.77. The summed E-state index contributed by atoms with van der Waals surface area (Å²) in [6.07, 6.45) is 0. The zero-order chi connectivity index (χ0) is 7.49. The zero-order valence-electron chi connectivity index (χ0n) is 5.77. The van der Waals surface area contributed by atoms with Crippen LogP contribution < -0.4 is 16.8 Å². The van der Waals surface area contributed by atoms with Crippen molar-refractivity contribution in [3.8, 4) is 0 Å². The highest BCUT2D eigenvalue weighted by atomic mass is 16.2. The first kappa shape index (κ1) is 8.39.